The van der Waals surface area contributed by atoms with E-state index in [4.69, 9.17) is 4.74 Å². The highest BCUT2D eigenvalue weighted by molar-refractivity contribution is 4.94. The molecule has 2 aliphatic rings. The summed E-state index contributed by atoms with van der Waals surface area (Å²) in [6, 6.07) is 0.614. The molecule has 0 amide bonds. The first-order valence-corrected chi connectivity index (χ1v) is 6.25. The minimum Gasteiger partial charge on any atom is -0.380 e. The zero-order valence-corrected chi connectivity index (χ0v) is 10.0. The number of nitrogens with one attached hydrogen (secondary N) is 2. The number of methoxy groups -OCH3 is 1. The molecule has 1 heterocycles. The molecule has 1 saturated carbocycles. The standard InChI is InChI=1S/C12H24N2O/c1-3-12(4-5-12)9-13-7-10-6-11(15-2)8-14-10/h10-11,13-14H,3-9H2,1-2H3. The van der Waals surface area contributed by atoms with E-state index in [9.17, 15) is 0 Å². The third kappa shape index (κ3) is 2.92. The van der Waals surface area contributed by atoms with Gasteiger partial charge in [-0.15, -0.1) is 0 Å². The zero-order valence-electron chi connectivity index (χ0n) is 10.0. The Balaban J connectivity index is 1.59. The predicted octanol–water partition coefficient (Wildman–Crippen LogP) is 1.14. The Morgan fingerprint density at radius 2 is 2.27 bits per heavy atom. The van der Waals surface area contributed by atoms with Crippen LogP contribution in [0.2, 0.25) is 0 Å². The number of rotatable bonds is 6. The van der Waals surface area contributed by atoms with Crippen LogP contribution in [0.5, 0.6) is 0 Å². The SMILES string of the molecule is CCC1(CNCC2CC(OC)CN2)CC1. The molecule has 0 aromatic rings. The first kappa shape index (κ1) is 11.4. The van der Waals surface area contributed by atoms with E-state index in [-0.39, 0.29) is 0 Å². The minimum atomic E-state index is 0.429. The van der Waals surface area contributed by atoms with Gasteiger partial charge in [0, 0.05) is 32.8 Å². The Morgan fingerprint density at radius 1 is 1.47 bits per heavy atom. The Labute approximate surface area is 93.0 Å². The van der Waals surface area contributed by atoms with Crippen molar-refractivity contribution in [2.24, 2.45) is 5.41 Å². The number of hydrogen-bond acceptors (Lipinski definition) is 3. The van der Waals surface area contributed by atoms with Crippen molar-refractivity contribution < 1.29 is 4.74 Å². The van der Waals surface area contributed by atoms with Gasteiger partial charge in [0.05, 0.1) is 6.10 Å². The lowest BCUT2D eigenvalue weighted by Crippen LogP contribution is -2.36. The minimum absolute atomic E-state index is 0.429. The van der Waals surface area contributed by atoms with Crippen molar-refractivity contribution >= 4 is 0 Å². The van der Waals surface area contributed by atoms with Gasteiger partial charge in [-0.1, -0.05) is 6.92 Å². The molecule has 3 heteroatoms. The van der Waals surface area contributed by atoms with E-state index in [1.807, 2.05) is 0 Å². The van der Waals surface area contributed by atoms with Gasteiger partial charge < -0.3 is 15.4 Å². The maximum Gasteiger partial charge on any atom is 0.0711 e. The number of ether oxygens (including phenoxy) is 1. The summed E-state index contributed by atoms with van der Waals surface area (Å²) in [5.41, 5.74) is 0.666. The summed E-state index contributed by atoms with van der Waals surface area (Å²) in [5.74, 6) is 0. The molecule has 2 fully saturated rings. The molecule has 0 bridgehead atoms. The van der Waals surface area contributed by atoms with Gasteiger partial charge in [0.2, 0.25) is 0 Å². The second-order valence-corrected chi connectivity index (χ2v) is 5.18. The summed E-state index contributed by atoms with van der Waals surface area (Å²) >= 11 is 0. The van der Waals surface area contributed by atoms with E-state index in [0.29, 0.717) is 17.6 Å². The Kier molecular flexibility index (Phi) is 3.65. The summed E-state index contributed by atoms with van der Waals surface area (Å²) in [6.45, 7) is 5.63. The van der Waals surface area contributed by atoms with Crippen molar-refractivity contribution in [3.63, 3.8) is 0 Å². The average Bonchev–Trinajstić information content (AvgIpc) is 2.89. The lowest BCUT2D eigenvalue weighted by atomic mass is 10.0. The van der Waals surface area contributed by atoms with E-state index in [1.54, 1.807) is 7.11 Å². The van der Waals surface area contributed by atoms with Gasteiger partial charge in [-0.3, -0.25) is 0 Å². The summed E-state index contributed by atoms with van der Waals surface area (Å²) in [7, 11) is 1.80. The Bertz CT molecular complexity index is 204. The van der Waals surface area contributed by atoms with Crippen LogP contribution in [0.25, 0.3) is 0 Å². The third-order valence-electron chi connectivity index (χ3n) is 4.11. The zero-order chi connectivity index (χ0) is 10.7. The number of hydrogen-bond donors (Lipinski definition) is 2. The van der Waals surface area contributed by atoms with E-state index >= 15 is 0 Å². The fourth-order valence-corrected chi connectivity index (χ4v) is 2.46. The largest absolute Gasteiger partial charge is 0.380 e. The van der Waals surface area contributed by atoms with Gasteiger partial charge in [-0.2, -0.15) is 0 Å². The van der Waals surface area contributed by atoms with Crippen molar-refractivity contribution in [2.45, 2.75) is 44.8 Å². The van der Waals surface area contributed by atoms with Crippen molar-refractivity contribution in [3.8, 4) is 0 Å². The third-order valence-corrected chi connectivity index (χ3v) is 4.11. The molecule has 0 aromatic heterocycles. The first-order valence-electron chi connectivity index (χ1n) is 6.25. The van der Waals surface area contributed by atoms with E-state index in [2.05, 4.69) is 17.6 Å². The molecule has 1 aliphatic carbocycles. The molecule has 2 rings (SSSR count). The smallest absolute Gasteiger partial charge is 0.0711 e. The summed E-state index contributed by atoms with van der Waals surface area (Å²) in [4.78, 5) is 0. The van der Waals surface area contributed by atoms with Gasteiger partial charge in [0.1, 0.15) is 0 Å². The maximum atomic E-state index is 5.33. The van der Waals surface area contributed by atoms with E-state index in [1.165, 1.54) is 25.8 Å². The molecule has 3 nitrogen and oxygen atoms in total. The topological polar surface area (TPSA) is 33.3 Å². The molecule has 0 radical (unpaired) electrons. The van der Waals surface area contributed by atoms with Crippen LogP contribution in [0, 0.1) is 5.41 Å². The van der Waals surface area contributed by atoms with Crippen molar-refractivity contribution in [2.75, 3.05) is 26.7 Å². The van der Waals surface area contributed by atoms with Crippen LogP contribution in [0.4, 0.5) is 0 Å². The van der Waals surface area contributed by atoms with Crippen molar-refractivity contribution in [1.29, 1.82) is 0 Å². The predicted molar refractivity (Wildman–Crippen MR) is 62.0 cm³/mol. The molecule has 88 valence electrons. The molecular formula is C12H24N2O. The molecular weight excluding hydrogens is 188 g/mol. The first-order chi connectivity index (χ1) is 7.28. The summed E-state index contributed by atoms with van der Waals surface area (Å²) < 4.78 is 5.33. The Morgan fingerprint density at radius 3 is 2.80 bits per heavy atom. The van der Waals surface area contributed by atoms with Crippen LogP contribution in [-0.2, 0) is 4.74 Å². The van der Waals surface area contributed by atoms with Gasteiger partial charge in [0.15, 0.2) is 0 Å². The van der Waals surface area contributed by atoms with Gasteiger partial charge in [0.25, 0.3) is 0 Å². The molecule has 1 aliphatic heterocycles. The van der Waals surface area contributed by atoms with Crippen LogP contribution in [0.1, 0.15) is 32.6 Å². The van der Waals surface area contributed by atoms with Gasteiger partial charge >= 0.3 is 0 Å². The van der Waals surface area contributed by atoms with Crippen LogP contribution in [0.3, 0.4) is 0 Å². The normalized spacial score (nSPS) is 33.2. The maximum absolute atomic E-state index is 5.33. The molecule has 2 unspecified atom stereocenters. The van der Waals surface area contributed by atoms with Gasteiger partial charge in [-0.05, 0) is 31.1 Å². The second kappa shape index (κ2) is 4.81. The molecule has 15 heavy (non-hydrogen) atoms. The fraction of sp³-hybridized carbons (Fsp3) is 1.00. The molecule has 0 aromatic carbocycles. The molecule has 0 spiro atoms. The highest BCUT2D eigenvalue weighted by Crippen LogP contribution is 2.47. The van der Waals surface area contributed by atoms with E-state index < -0.39 is 0 Å². The van der Waals surface area contributed by atoms with Crippen LogP contribution < -0.4 is 10.6 Å². The molecule has 2 N–H and O–H groups in total. The Hall–Kier alpha value is -0.120. The summed E-state index contributed by atoms with van der Waals surface area (Å²) in [6.07, 6.45) is 5.77. The quantitative estimate of drug-likeness (QED) is 0.693. The lowest BCUT2D eigenvalue weighted by molar-refractivity contribution is 0.117. The van der Waals surface area contributed by atoms with E-state index in [0.717, 1.165) is 19.5 Å². The fourth-order valence-electron chi connectivity index (χ4n) is 2.46. The molecule has 2 atom stereocenters. The highest BCUT2D eigenvalue weighted by atomic mass is 16.5. The lowest BCUT2D eigenvalue weighted by Gasteiger charge is -2.16. The summed E-state index contributed by atoms with van der Waals surface area (Å²) in [5, 5.41) is 7.10. The monoisotopic (exact) mass is 212 g/mol. The van der Waals surface area contributed by atoms with Crippen LogP contribution >= 0.6 is 0 Å². The van der Waals surface area contributed by atoms with Gasteiger partial charge in [-0.25, -0.2) is 0 Å². The van der Waals surface area contributed by atoms with Crippen LogP contribution in [-0.4, -0.2) is 38.9 Å². The average molecular weight is 212 g/mol. The highest BCUT2D eigenvalue weighted by Gasteiger charge is 2.40. The second-order valence-electron chi connectivity index (χ2n) is 5.18. The van der Waals surface area contributed by atoms with Crippen molar-refractivity contribution in [1.82, 2.24) is 10.6 Å². The van der Waals surface area contributed by atoms with Crippen LogP contribution in [0.15, 0.2) is 0 Å². The van der Waals surface area contributed by atoms with Crippen molar-refractivity contribution in [3.05, 3.63) is 0 Å². The molecule has 1 saturated heterocycles.